The van der Waals surface area contributed by atoms with Crippen LogP contribution in [0.2, 0.25) is 0 Å². The van der Waals surface area contributed by atoms with E-state index in [9.17, 15) is 22.5 Å². The van der Waals surface area contributed by atoms with Gasteiger partial charge in [-0.05, 0) is 42.2 Å². The summed E-state index contributed by atoms with van der Waals surface area (Å²) in [5, 5.41) is 9.31. The van der Waals surface area contributed by atoms with E-state index in [-0.39, 0.29) is 47.1 Å². The number of benzene rings is 2. The van der Waals surface area contributed by atoms with Crippen molar-refractivity contribution in [2.45, 2.75) is 39.0 Å². The van der Waals surface area contributed by atoms with Crippen molar-refractivity contribution in [1.29, 1.82) is 5.26 Å². The highest BCUT2D eigenvalue weighted by molar-refractivity contribution is 7.89. The van der Waals surface area contributed by atoms with Crippen LogP contribution in [0.15, 0.2) is 41.3 Å². The fourth-order valence-electron chi connectivity index (χ4n) is 3.14. The fourth-order valence-corrected chi connectivity index (χ4v) is 4.98. The number of sulfonamides is 1. The molecule has 2 rings (SSSR count). The summed E-state index contributed by atoms with van der Waals surface area (Å²) >= 11 is 0. The Morgan fingerprint density at radius 1 is 1.03 bits per heavy atom. The van der Waals surface area contributed by atoms with Crippen molar-refractivity contribution in [1.82, 2.24) is 4.31 Å². The van der Waals surface area contributed by atoms with E-state index >= 15 is 0 Å². The summed E-state index contributed by atoms with van der Waals surface area (Å²) in [5.41, 5.74) is 0.110. The zero-order chi connectivity index (χ0) is 24.1. The molecule has 174 valence electrons. The SMILES string of the molecule is [CH2-]CC(C)C(C)CN(CC(C)C)S(=O)(=O)c1cc(C#N)ccc1Oc1cc(F)ccc1F. The van der Waals surface area contributed by atoms with E-state index in [1.165, 1.54) is 22.5 Å². The largest absolute Gasteiger partial charge is 0.453 e. The van der Waals surface area contributed by atoms with Crippen molar-refractivity contribution in [2.75, 3.05) is 13.1 Å². The van der Waals surface area contributed by atoms with Crippen LogP contribution in [-0.2, 0) is 10.0 Å². The molecule has 0 bridgehead atoms. The van der Waals surface area contributed by atoms with Gasteiger partial charge in [0, 0.05) is 19.2 Å². The van der Waals surface area contributed by atoms with Crippen LogP contribution in [0.4, 0.5) is 8.78 Å². The minimum Gasteiger partial charge on any atom is -0.453 e. The molecule has 0 fully saturated rings. The second-order valence-electron chi connectivity index (χ2n) is 8.41. The molecule has 2 aromatic rings. The van der Waals surface area contributed by atoms with Gasteiger partial charge in [-0.1, -0.05) is 33.6 Å². The van der Waals surface area contributed by atoms with Crippen molar-refractivity contribution in [3.05, 3.63) is 60.5 Å². The molecule has 0 N–H and O–H groups in total. The summed E-state index contributed by atoms with van der Waals surface area (Å²) < 4.78 is 62.0. The van der Waals surface area contributed by atoms with Gasteiger partial charge in [-0.2, -0.15) is 16.0 Å². The highest BCUT2D eigenvalue weighted by atomic mass is 32.2. The molecule has 0 heterocycles. The van der Waals surface area contributed by atoms with Crippen LogP contribution in [-0.4, -0.2) is 25.8 Å². The lowest BCUT2D eigenvalue weighted by Crippen LogP contribution is -2.39. The molecule has 0 amide bonds. The molecular formula is C24H29F2N2O3S-. The highest BCUT2D eigenvalue weighted by Crippen LogP contribution is 2.34. The van der Waals surface area contributed by atoms with Gasteiger partial charge < -0.3 is 11.7 Å². The minimum atomic E-state index is -4.12. The Morgan fingerprint density at radius 3 is 2.31 bits per heavy atom. The van der Waals surface area contributed by atoms with Crippen molar-refractivity contribution >= 4 is 10.0 Å². The molecule has 0 aliphatic rings. The average Bonchev–Trinajstić information content (AvgIpc) is 2.74. The molecular weight excluding hydrogens is 434 g/mol. The molecule has 0 aromatic heterocycles. The van der Waals surface area contributed by atoms with E-state index in [4.69, 9.17) is 4.74 Å². The predicted molar refractivity (Wildman–Crippen MR) is 119 cm³/mol. The molecule has 0 aliphatic carbocycles. The standard InChI is InChI=1S/C24H29F2N2O3S/c1-6-17(4)18(5)15-28(14-16(2)3)32(29,30)24-11-19(13-27)7-10-22(24)31-23-12-20(25)8-9-21(23)26/h7-12,16-18H,1,6,14-15H2,2-5H3/q-1. The van der Waals surface area contributed by atoms with Crippen molar-refractivity contribution in [2.24, 2.45) is 17.8 Å². The Balaban J connectivity index is 2.57. The molecule has 0 radical (unpaired) electrons. The first-order valence-electron chi connectivity index (χ1n) is 10.5. The first-order chi connectivity index (χ1) is 15.0. The van der Waals surface area contributed by atoms with Crippen LogP contribution in [0.5, 0.6) is 11.5 Å². The van der Waals surface area contributed by atoms with E-state index in [0.717, 1.165) is 18.2 Å². The van der Waals surface area contributed by atoms with E-state index in [0.29, 0.717) is 6.42 Å². The van der Waals surface area contributed by atoms with Gasteiger partial charge in [-0.3, -0.25) is 0 Å². The van der Waals surface area contributed by atoms with Gasteiger partial charge in [-0.25, -0.2) is 17.2 Å². The minimum absolute atomic E-state index is 0.0326. The highest BCUT2D eigenvalue weighted by Gasteiger charge is 2.31. The van der Waals surface area contributed by atoms with E-state index in [1.807, 2.05) is 33.8 Å². The Morgan fingerprint density at radius 2 is 1.72 bits per heavy atom. The third-order valence-corrected chi connectivity index (χ3v) is 7.14. The van der Waals surface area contributed by atoms with E-state index in [1.54, 1.807) is 0 Å². The lowest BCUT2D eigenvalue weighted by atomic mass is 9.93. The number of ether oxygens (including phenoxy) is 1. The Kier molecular flexibility index (Phi) is 8.76. The number of rotatable bonds is 10. The maximum Gasteiger partial charge on any atom is 0.246 e. The zero-order valence-corrected chi connectivity index (χ0v) is 19.6. The van der Waals surface area contributed by atoms with Gasteiger partial charge in [-0.15, -0.1) is 0 Å². The van der Waals surface area contributed by atoms with Gasteiger partial charge in [0.1, 0.15) is 16.5 Å². The van der Waals surface area contributed by atoms with Crippen molar-refractivity contribution < 1.29 is 21.9 Å². The van der Waals surface area contributed by atoms with Crippen molar-refractivity contribution in [3.8, 4) is 17.6 Å². The molecule has 0 saturated carbocycles. The summed E-state index contributed by atoms with van der Waals surface area (Å²) in [6.07, 6.45) is 0.661. The summed E-state index contributed by atoms with van der Waals surface area (Å²) in [4.78, 5) is -0.268. The summed E-state index contributed by atoms with van der Waals surface area (Å²) in [6.45, 7) is 12.2. The van der Waals surface area contributed by atoms with Crippen LogP contribution >= 0.6 is 0 Å². The molecule has 2 atom stereocenters. The zero-order valence-electron chi connectivity index (χ0n) is 18.8. The van der Waals surface area contributed by atoms with Crippen LogP contribution in [0.1, 0.15) is 39.7 Å². The van der Waals surface area contributed by atoms with Crippen LogP contribution in [0.3, 0.4) is 0 Å². The van der Waals surface area contributed by atoms with Crippen LogP contribution in [0, 0.1) is 47.6 Å². The van der Waals surface area contributed by atoms with E-state index < -0.39 is 27.4 Å². The molecule has 5 nitrogen and oxygen atoms in total. The summed E-state index contributed by atoms with van der Waals surface area (Å²) in [6, 6.07) is 8.44. The van der Waals surface area contributed by atoms with Gasteiger partial charge in [0.15, 0.2) is 11.6 Å². The van der Waals surface area contributed by atoms with Gasteiger partial charge in [0.05, 0.1) is 11.6 Å². The Bertz CT molecular complexity index is 1080. The first-order valence-corrected chi connectivity index (χ1v) is 11.9. The van der Waals surface area contributed by atoms with Crippen LogP contribution in [0.25, 0.3) is 0 Å². The topological polar surface area (TPSA) is 70.4 Å². The predicted octanol–water partition coefficient (Wildman–Crippen LogP) is 5.77. The van der Waals surface area contributed by atoms with E-state index in [2.05, 4.69) is 6.92 Å². The molecule has 0 saturated heterocycles. The number of nitriles is 1. The quantitative estimate of drug-likeness (QED) is 0.419. The summed E-state index contributed by atoms with van der Waals surface area (Å²) in [5.74, 6) is -1.92. The smallest absolute Gasteiger partial charge is 0.246 e. The third kappa shape index (κ3) is 6.27. The average molecular weight is 464 g/mol. The second kappa shape index (κ2) is 10.9. The van der Waals surface area contributed by atoms with Crippen molar-refractivity contribution in [3.63, 3.8) is 0 Å². The Labute approximate surface area is 189 Å². The molecule has 0 spiro atoms. The monoisotopic (exact) mass is 463 g/mol. The lowest BCUT2D eigenvalue weighted by Gasteiger charge is -2.30. The molecule has 8 heteroatoms. The third-order valence-electron chi connectivity index (χ3n) is 5.29. The number of nitrogens with zero attached hydrogens (tertiary/aromatic N) is 2. The maximum atomic E-state index is 14.1. The fraction of sp³-hybridized carbons (Fsp3) is 0.417. The van der Waals surface area contributed by atoms with Crippen LogP contribution < -0.4 is 4.74 Å². The number of hydrogen-bond acceptors (Lipinski definition) is 4. The van der Waals surface area contributed by atoms with Gasteiger partial charge in [0.2, 0.25) is 10.0 Å². The number of hydrogen-bond donors (Lipinski definition) is 0. The molecule has 2 unspecified atom stereocenters. The van der Waals surface area contributed by atoms with Gasteiger partial charge >= 0.3 is 0 Å². The second-order valence-corrected chi connectivity index (χ2v) is 10.3. The first kappa shape index (κ1) is 25.8. The number of halogens is 2. The molecule has 32 heavy (non-hydrogen) atoms. The normalized spacial score (nSPS) is 13.8. The molecule has 0 aliphatic heterocycles. The molecule has 2 aromatic carbocycles. The Hall–Kier alpha value is -2.50. The maximum absolute atomic E-state index is 14.1. The lowest BCUT2D eigenvalue weighted by molar-refractivity contribution is 0.274. The van der Waals surface area contributed by atoms with Gasteiger partial charge in [0.25, 0.3) is 0 Å². The summed E-state index contributed by atoms with van der Waals surface area (Å²) in [7, 11) is -4.12.